The molecule has 0 saturated carbocycles. The number of halogens is 1. The molecule has 2 aliphatic rings. The lowest BCUT2D eigenvalue weighted by molar-refractivity contribution is -0.123. The lowest BCUT2D eigenvalue weighted by atomic mass is 10.0. The molecular formula is C20H19FN2O3S. The maximum absolute atomic E-state index is 13.6. The number of methoxy groups -OCH3 is 1. The van der Waals surface area contributed by atoms with Gasteiger partial charge in [0.2, 0.25) is 0 Å². The second-order valence-electron chi connectivity index (χ2n) is 6.43. The van der Waals surface area contributed by atoms with Crippen molar-refractivity contribution in [2.75, 3.05) is 37.5 Å². The highest BCUT2D eigenvalue weighted by atomic mass is 32.2. The molecule has 2 amide bonds. The highest BCUT2D eigenvalue weighted by Crippen LogP contribution is 2.54. The van der Waals surface area contributed by atoms with Crippen molar-refractivity contribution in [3.8, 4) is 0 Å². The third-order valence-electron chi connectivity index (χ3n) is 4.94. The van der Waals surface area contributed by atoms with E-state index in [1.807, 2.05) is 24.3 Å². The maximum Gasteiger partial charge on any atom is 0.268 e. The zero-order valence-electron chi connectivity index (χ0n) is 14.9. The van der Waals surface area contributed by atoms with E-state index in [1.165, 1.54) is 30.0 Å². The number of hydrogen-bond acceptors (Lipinski definition) is 4. The summed E-state index contributed by atoms with van der Waals surface area (Å²) < 4.78 is 18.8. The minimum Gasteiger partial charge on any atom is -0.383 e. The summed E-state index contributed by atoms with van der Waals surface area (Å²) in [5.74, 6) is -0.315. The minimum atomic E-state index is -1.10. The molecule has 0 aromatic heterocycles. The van der Waals surface area contributed by atoms with Crippen LogP contribution in [-0.2, 0) is 14.4 Å². The van der Waals surface area contributed by atoms with Crippen LogP contribution in [0.1, 0.15) is 15.9 Å². The van der Waals surface area contributed by atoms with E-state index in [9.17, 15) is 14.0 Å². The number of carbonyl (C=O) groups excluding carboxylic acids is 2. The van der Waals surface area contributed by atoms with Crippen molar-refractivity contribution < 1.29 is 18.7 Å². The van der Waals surface area contributed by atoms with E-state index >= 15 is 0 Å². The molecule has 1 atom stereocenters. The molecule has 0 aliphatic carbocycles. The van der Waals surface area contributed by atoms with Crippen LogP contribution in [0.2, 0.25) is 0 Å². The van der Waals surface area contributed by atoms with Gasteiger partial charge in [-0.2, -0.15) is 0 Å². The number of hydrogen-bond donors (Lipinski definition) is 0. The average molecular weight is 386 g/mol. The summed E-state index contributed by atoms with van der Waals surface area (Å²) in [6, 6.07) is 13.1. The van der Waals surface area contributed by atoms with Crippen molar-refractivity contribution in [2.45, 2.75) is 4.87 Å². The molecular weight excluding hydrogens is 367 g/mol. The Balaban J connectivity index is 1.78. The van der Waals surface area contributed by atoms with Crippen molar-refractivity contribution in [1.29, 1.82) is 0 Å². The first-order valence-electron chi connectivity index (χ1n) is 8.71. The fraction of sp³-hybridized carbons (Fsp3) is 0.300. The van der Waals surface area contributed by atoms with E-state index in [-0.39, 0.29) is 17.4 Å². The maximum atomic E-state index is 13.6. The van der Waals surface area contributed by atoms with Crippen LogP contribution in [0.3, 0.4) is 0 Å². The number of para-hydroxylation sites is 1. The van der Waals surface area contributed by atoms with Gasteiger partial charge in [-0.05, 0) is 24.3 Å². The molecule has 140 valence electrons. The van der Waals surface area contributed by atoms with Crippen molar-refractivity contribution in [2.24, 2.45) is 0 Å². The molecule has 2 aromatic carbocycles. The van der Waals surface area contributed by atoms with Crippen molar-refractivity contribution in [3.63, 3.8) is 0 Å². The third kappa shape index (κ3) is 2.73. The first-order valence-corrected chi connectivity index (χ1v) is 9.70. The monoisotopic (exact) mass is 386 g/mol. The van der Waals surface area contributed by atoms with E-state index in [4.69, 9.17) is 4.74 Å². The molecule has 0 bridgehead atoms. The molecule has 2 aliphatic heterocycles. The Labute approximate surface area is 161 Å². The normalized spacial score (nSPS) is 21.2. The molecule has 4 rings (SSSR count). The van der Waals surface area contributed by atoms with E-state index in [2.05, 4.69) is 0 Å². The van der Waals surface area contributed by atoms with Crippen molar-refractivity contribution >= 4 is 29.3 Å². The Morgan fingerprint density at radius 3 is 2.85 bits per heavy atom. The highest BCUT2D eigenvalue weighted by molar-refractivity contribution is 8.01. The quantitative estimate of drug-likeness (QED) is 0.811. The topological polar surface area (TPSA) is 49.9 Å². The van der Waals surface area contributed by atoms with E-state index < -0.39 is 10.7 Å². The van der Waals surface area contributed by atoms with Gasteiger partial charge in [0.15, 0.2) is 4.87 Å². The molecule has 0 radical (unpaired) electrons. The number of nitrogens with zero attached hydrogens (tertiary/aromatic N) is 2. The van der Waals surface area contributed by atoms with E-state index in [0.717, 1.165) is 11.3 Å². The summed E-state index contributed by atoms with van der Waals surface area (Å²) in [7, 11) is 1.59. The Morgan fingerprint density at radius 1 is 1.26 bits per heavy atom. The largest absolute Gasteiger partial charge is 0.383 e. The number of fused-ring (bicyclic) bond motifs is 2. The summed E-state index contributed by atoms with van der Waals surface area (Å²) in [4.78, 5) is 28.8. The van der Waals surface area contributed by atoms with E-state index in [1.54, 1.807) is 23.0 Å². The van der Waals surface area contributed by atoms with Crippen LogP contribution in [-0.4, -0.2) is 49.3 Å². The van der Waals surface area contributed by atoms with Gasteiger partial charge in [0.1, 0.15) is 5.82 Å². The summed E-state index contributed by atoms with van der Waals surface area (Å²) in [6.45, 7) is 1.24. The predicted molar refractivity (Wildman–Crippen MR) is 102 cm³/mol. The Morgan fingerprint density at radius 2 is 2.07 bits per heavy atom. The van der Waals surface area contributed by atoms with Crippen LogP contribution in [0, 0.1) is 5.82 Å². The van der Waals surface area contributed by atoms with Crippen molar-refractivity contribution in [3.05, 3.63) is 65.5 Å². The predicted octanol–water partition coefficient (Wildman–Crippen LogP) is 2.86. The van der Waals surface area contributed by atoms with Gasteiger partial charge < -0.3 is 14.5 Å². The van der Waals surface area contributed by atoms with Gasteiger partial charge in [-0.3, -0.25) is 9.59 Å². The second kappa shape index (κ2) is 6.98. The summed E-state index contributed by atoms with van der Waals surface area (Å²) in [5.41, 5.74) is 1.85. The van der Waals surface area contributed by atoms with Crippen LogP contribution in [0.15, 0.2) is 48.5 Å². The zero-order valence-corrected chi connectivity index (χ0v) is 15.7. The Kier molecular flexibility index (Phi) is 4.65. The van der Waals surface area contributed by atoms with Crippen LogP contribution >= 0.6 is 11.8 Å². The van der Waals surface area contributed by atoms with Gasteiger partial charge in [-0.15, -0.1) is 11.8 Å². The zero-order chi connectivity index (χ0) is 19.0. The molecule has 7 heteroatoms. The van der Waals surface area contributed by atoms with Gasteiger partial charge in [0.05, 0.1) is 12.3 Å². The molecule has 1 fully saturated rings. The SMILES string of the molecule is COCCN1C(=O)C2(SCCN2C(=O)c2cccc(F)c2)c2ccccc21. The van der Waals surface area contributed by atoms with E-state index in [0.29, 0.717) is 25.4 Å². The number of anilines is 1. The molecule has 1 unspecified atom stereocenters. The molecule has 2 aromatic rings. The minimum absolute atomic E-state index is 0.145. The Bertz CT molecular complexity index is 906. The second-order valence-corrected chi connectivity index (χ2v) is 7.71. The fourth-order valence-corrected chi connectivity index (χ4v) is 5.21. The standard InChI is InChI=1S/C20H19FN2O3S/c1-26-11-9-22-17-8-3-2-7-16(17)20(19(22)25)23(10-12-27-20)18(24)14-5-4-6-15(21)13-14/h2-8,13H,9-12H2,1H3. The lowest BCUT2D eigenvalue weighted by Gasteiger charge is -2.33. The summed E-state index contributed by atoms with van der Waals surface area (Å²) in [6.07, 6.45) is 0. The number of benzene rings is 2. The summed E-state index contributed by atoms with van der Waals surface area (Å²) in [5, 5.41) is 0. The average Bonchev–Trinajstić information content (AvgIpc) is 3.22. The number of thioether (sulfide) groups is 1. The third-order valence-corrected chi connectivity index (χ3v) is 6.36. The van der Waals surface area contributed by atoms with Gasteiger partial charge in [0.25, 0.3) is 11.8 Å². The Hall–Kier alpha value is -2.38. The number of amides is 2. The molecule has 2 heterocycles. The van der Waals surface area contributed by atoms with Crippen LogP contribution < -0.4 is 4.90 Å². The summed E-state index contributed by atoms with van der Waals surface area (Å²) >= 11 is 1.45. The number of ether oxygens (including phenoxy) is 1. The molecule has 5 nitrogen and oxygen atoms in total. The number of carbonyl (C=O) groups is 2. The van der Waals surface area contributed by atoms with Crippen LogP contribution in [0.25, 0.3) is 0 Å². The molecule has 0 N–H and O–H groups in total. The molecule has 27 heavy (non-hydrogen) atoms. The number of rotatable bonds is 4. The van der Waals surface area contributed by atoms with Crippen LogP contribution in [0.4, 0.5) is 10.1 Å². The lowest BCUT2D eigenvalue weighted by Crippen LogP contribution is -2.50. The van der Waals surface area contributed by atoms with Gasteiger partial charge in [-0.25, -0.2) is 4.39 Å². The smallest absolute Gasteiger partial charge is 0.268 e. The highest BCUT2D eigenvalue weighted by Gasteiger charge is 2.59. The van der Waals surface area contributed by atoms with Crippen molar-refractivity contribution in [1.82, 2.24) is 4.90 Å². The van der Waals surface area contributed by atoms with Gasteiger partial charge in [-0.1, -0.05) is 24.3 Å². The van der Waals surface area contributed by atoms with Gasteiger partial charge in [0, 0.05) is 37.1 Å². The van der Waals surface area contributed by atoms with Gasteiger partial charge >= 0.3 is 0 Å². The first-order chi connectivity index (χ1) is 13.1. The fourth-order valence-electron chi connectivity index (χ4n) is 3.75. The van der Waals surface area contributed by atoms with Crippen LogP contribution in [0.5, 0.6) is 0 Å². The molecule has 1 saturated heterocycles. The first kappa shape index (κ1) is 18.0. The molecule has 1 spiro atoms.